The number of rotatable bonds is 3. The van der Waals surface area contributed by atoms with Gasteiger partial charge in [-0.25, -0.2) is 0 Å². The van der Waals surface area contributed by atoms with Gasteiger partial charge in [0, 0.05) is 4.91 Å². The second kappa shape index (κ2) is 4.68. The molecule has 2 aliphatic heterocycles. The lowest BCUT2D eigenvalue weighted by atomic mass is 10.1. The second-order valence-electron chi connectivity index (χ2n) is 5.42. The minimum atomic E-state index is -0.698. The van der Waals surface area contributed by atoms with E-state index in [9.17, 15) is 0 Å². The minimum absolute atomic E-state index is 0.208. The van der Waals surface area contributed by atoms with Crippen molar-refractivity contribution in [1.82, 2.24) is 0 Å². The Labute approximate surface area is 106 Å². The molecule has 0 spiro atoms. The molecule has 2 heterocycles. The largest absolute Gasteiger partial charge is 0.348 e. The lowest BCUT2D eigenvalue weighted by Crippen LogP contribution is -2.39. The normalized spacial score (nSPS) is 37.4. The van der Waals surface area contributed by atoms with Crippen LogP contribution in [0.2, 0.25) is 0 Å². The van der Waals surface area contributed by atoms with Crippen molar-refractivity contribution >= 4 is 0 Å². The third-order valence-electron chi connectivity index (χ3n) is 2.94. The van der Waals surface area contributed by atoms with Crippen LogP contribution in [0.25, 0.3) is 10.4 Å². The van der Waals surface area contributed by atoms with Crippen molar-refractivity contribution in [3.63, 3.8) is 0 Å². The predicted octanol–water partition coefficient (Wildman–Crippen LogP) is 1.97. The average Bonchev–Trinajstić information content (AvgIpc) is 2.75. The zero-order valence-electron chi connectivity index (χ0n) is 11.1. The van der Waals surface area contributed by atoms with Gasteiger partial charge in [-0.15, -0.1) is 0 Å². The fraction of sp³-hybridized carbons (Fsp3) is 1.00. The van der Waals surface area contributed by atoms with E-state index in [4.69, 9.17) is 24.5 Å². The van der Waals surface area contributed by atoms with Crippen molar-refractivity contribution in [2.24, 2.45) is 5.11 Å². The van der Waals surface area contributed by atoms with Gasteiger partial charge < -0.3 is 18.9 Å². The van der Waals surface area contributed by atoms with Gasteiger partial charge in [-0.3, -0.25) is 0 Å². The summed E-state index contributed by atoms with van der Waals surface area (Å²) in [6, 6.07) is 0. The second-order valence-corrected chi connectivity index (χ2v) is 5.42. The highest BCUT2D eigenvalue weighted by molar-refractivity contribution is 4.91. The SMILES string of the molecule is CC1(C)OC[C@H]([C@H]2OC(C)(C)O[C@@H]2CN=[N+]=[N-])O1. The first kappa shape index (κ1) is 13.6. The standard InChI is InChI=1S/C11H19N3O4/c1-10(2)15-6-8(17-10)9-7(5-13-14-12)16-11(3,4)18-9/h7-9H,5-6H2,1-4H3/t7-,8-,9+/m1/s1. The summed E-state index contributed by atoms with van der Waals surface area (Å²) < 4.78 is 22.8. The molecule has 102 valence electrons. The summed E-state index contributed by atoms with van der Waals surface area (Å²) in [5.74, 6) is -1.31. The summed E-state index contributed by atoms with van der Waals surface area (Å²) in [4.78, 5) is 2.75. The molecule has 0 aliphatic carbocycles. The van der Waals surface area contributed by atoms with Gasteiger partial charge in [0.1, 0.15) is 12.2 Å². The molecule has 0 N–H and O–H groups in total. The van der Waals surface area contributed by atoms with Crippen LogP contribution in [-0.2, 0) is 18.9 Å². The maximum atomic E-state index is 8.40. The third-order valence-corrected chi connectivity index (χ3v) is 2.94. The molecule has 0 aromatic heterocycles. The molecular formula is C11H19N3O4. The number of hydrogen-bond donors (Lipinski definition) is 0. The van der Waals surface area contributed by atoms with E-state index in [1.54, 1.807) is 0 Å². The molecule has 0 aromatic rings. The minimum Gasteiger partial charge on any atom is -0.348 e. The molecule has 2 rings (SSSR count). The Morgan fingerprint density at radius 3 is 2.44 bits per heavy atom. The van der Waals surface area contributed by atoms with E-state index >= 15 is 0 Å². The van der Waals surface area contributed by atoms with Crippen LogP contribution in [0.4, 0.5) is 0 Å². The van der Waals surface area contributed by atoms with Crippen LogP contribution in [0.15, 0.2) is 5.11 Å². The van der Waals surface area contributed by atoms with Gasteiger partial charge in [-0.1, -0.05) is 5.11 Å². The fourth-order valence-corrected chi connectivity index (χ4v) is 2.31. The maximum Gasteiger partial charge on any atom is 0.163 e. The summed E-state index contributed by atoms with van der Waals surface area (Å²) in [7, 11) is 0. The van der Waals surface area contributed by atoms with Crippen molar-refractivity contribution in [1.29, 1.82) is 0 Å². The van der Waals surface area contributed by atoms with Crippen LogP contribution in [0.1, 0.15) is 27.7 Å². The number of nitrogens with zero attached hydrogens (tertiary/aromatic N) is 3. The molecule has 18 heavy (non-hydrogen) atoms. The highest BCUT2D eigenvalue weighted by Gasteiger charge is 2.49. The predicted molar refractivity (Wildman–Crippen MR) is 62.7 cm³/mol. The quantitative estimate of drug-likeness (QED) is 0.439. The molecule has 2 fully saturated rings. The lowest BCUT2D eigenvalue weighted by Gasteiger charge is -2.23. The first-order valence-electron chi connectivity index (χ1n) is 6.01. The van der Waals surface area contributed by atoms with Crippen molar-refractivity contribution in [2.75, 3.05) is 13.2 Å². The lowest BCUT2D eigenvalue weighted by molar-refractivity contribution is -0.174. The summed E-state index contributed by atoms with van der Waals surface area (Å²) >= 11 is 0. The first-order chi connectivity index (χ1) is 8.33. The molecule has 0 radical (unpaired) electrons. The van der Waals surface area contributed by atoms with Crippen molar-refractivity contribution < 1.29 is 18.9 Å². The molecular weight excluding hydrogens is 238 g/mol. The van der Waals surface area contributed by atoms with Crippen molar-refractivity contribution in [2.45, 2.75) is 57.6 Å². The van der Waals surface area contributed by atoms with Crippen LogP contribution in [0, 0.1) is 0 Å². The highest BCUT2D eigenvalue weighted by atomic mass is 16.8. The van der Waals surface area contributed by atoms with Crippen LogP contribution in [0.5, 0.6) is 0 Å². The Kier molecular flexibility index (Phi) is 3.53. The van der Waals surface area contributed by atoms with E-state index in [2.05, 4.69) is 10.0 Å². The topological polar surface area (TPSA) is 85.7 Å². The first-order valence-corrected chi connectivity index (χ1v) is 6.01. The Morgan fingerprint density at radius 2 is 1.89 bits per heavy atom. The van der Waals surface area contributed by atoms with Crippen molar-refractivity contribution in [3.8, 4) is 0 Å². The Balaban J connectivity index is 2.07. The van der Waals surface area contributed by atoms with Gasteiger partial charge in [0.25, 0.3) is 0 Å². The van der Waals surface area contributed by atoms with Crippen LogP contribution in [-0.4, -0.2) is 43.0 Å². The number of azide groups is 1. The van der Waals surface area contributed by atoms with E-state index in [-0.39, 0.29) is 24.9 Å². The third kappa shape index (κ3) is 2.93. The van der Waals surface area contributed by atoms with Crippen molar-refractivity contribution in [3.05, 3.63) is 10.4 Å². The van der Waals surface area contributed by atoms with E-state index < -0.39 is 11.6 Å². The zero-order valence-corrected chi connectivity index (χ0v) is 11.1. The Hall–Kier alpha value is -0.850. The average molecular weight is 257 g/mol. The Bertz CT molecular complexity index is 365. The van der Waals surface area contributed by atoms with E-state index in [0.717, 1.165) is 0 Å². The molecule has 7 nitrogen and oxygen atoms in total. The number of hydrogen-bond acceptors (Lipinski definition) is 5. The molecule has 0 unspecified atom stereocenters. The van der Waals surface area contributed by atoms with E-state index in [1.807, 2.05) is 27.7 Å². The fourth-order valence-electron chi connectivity index (χ4n) is 2.31. The zero-order chi connectivity index (χ0) is 13.4. The van der Waals surface area contributed by atoms with E-state index in [0.29, 0.717) is 6.61 Å². The van der Waals surface area contributed by atoms with Gasteiger partial charge >= 0.3 is 0 Å². The van der Waals surface area contributed by atoms with Crippen LogP contribution < -0.4 is 0 Å². The van der Waals surface area contributed by atoms with Crippen LogP contribution >= 0.6 is 0 Å². The summed E-state index contributed by atoms with van der Waals surface area (Å²) in [5.41, 5.74) is 8.40. The number of ether oxygens (including phenoxy) is 4. The summed E-state index contributed by atoms with van der Waals surface area (Å²) in [6.07, 6.45) is -0.800. The molecule has 0 aromatic carbocycles. The molecule has 0 saturated carbocycles. The van der Waals surface area contributed by atoms with Gasteiger partial charge in [0.15, 0.2) is 11.6 Å². The maximum absolute atomic E-state index is 8.40. The van der Waals surface area contributed by atoms with Gasteiger partial charge in [0.05, 0.1) is 19.3 Å². The summed E-state index contributed by atoms with van der Waals surface area (Å²) in [5, 5.41) is 3.56. The highest BCUT2D eigenvalue weighted by Crippen LogP contribution is 2.35. The van der Waals surface area contributed by atoms with Gasteiger partial charge in [0.2, 0.25) is 0 Å². The van der Waals surface area contributed by atoms with Gasteiger partial charge in [-0.05, 0) is 33.2 Å². The molecule has 3 atom stereocenters. The molecule has 0 bridgehead atoms. The molecule has 2 saturated heterocycles. The van der Waals surface area contributed by atoms with Crippen LogP contribution in [0.3, 0.4) is 0 Å². The Morgan fingerprint density at radius 1 is 1.17 bits per heavy atom. The monoisotopic (exact) mass is 257 g/mol. The van der Waals surface area contributed by atoms with E-state index in [1.165, 1.54) is 0 Å². The molecule has 2 aliphatic rings. The smallest absolute Gasteiger partial charge is 0.163 e. The molecule has 7 heteroatoms. The summed E-state index contributed by atoms with van der Waals surface area (Å²) in [6.45, 7) is 8.05. The molecule has 0 amide bonds. The van der Waals surface area contributed by atoms with Gasteiger partial charge in [-0.2, -0.15) is 0 Å².